The van der Waals surface area contributed by atoms with Gasteiger partial charge < -0.3 is 0 Å². The maximum atomic E-state index is 12.1. The minimum Gasteiger partial charge on any atom is -0.281 e. The molecule has 0 spiro atoms. The third-order valence-corrected chi connectivity index (χ3v) is 3.62. The van der Waals surface area contributed by atoms with Crippen molar-refractivity contribution in [2.45, 2.75) is 19.0 Å². The molecule has 0 aliphatic rings. The Labute approximate surface area is 125 Å². The number of aromatic nitrogens is 2. The van der Waals surface area contributed by atoms with E-state index in [2.05, 4.69) is 9.97 Å². The molecule has 0 unspecified atom stereocenters. The predicted octanol–water partition coefficient (Wildman–Crippen LogP) is 4.33. The normalized spacial score (nSPS) is 10.5. The highest BCUT2D eigenvalue weighted by atomic mass is 35.5. The van der Waals surface area contributed by atoms with Gasteiger partial charge in [-0.2, -0.15) is 0 Å². The van der Waals surface area contributed by atoms with Crippen LogP contribution in [0.15, 0.2) is 29.4 Å². The van der Waals surface area contributed by atoms with E-state index in [0.717, 1.165) is 23.1 Å². The van der Waals surface area contributed by atoms with Gasteiger partial charge in [0.15, 0.2) is 5.16 Å². The van der Waals surface area contributed by atoms with Crippen LogP contribution >= 0.6 is 35.0 Å². The summed E-state index contributed by atoms with van der Waals surface area (Å²) in [5.74, 6) is 0. The summed E-state index contributed by atoms with van der Waals surface area (Å²) in [7, 11) is 0. The van der Waals surface area contributed by atoms with Crippen molar-refractivity contribution in [3.8, 4) is 0 Å². The van der Waals surface area contributed by atoms with Crippen LogP contribution in [0.2, 0.25) is 10.0 Å². The van der Waals surface area contributed by atoms with E-state index < -0.39 is 0 Å². The second-order valence-electron chi connectivity index (χ2n) is 3.95. The van der Waals surface area contributed by atoms with Crippen molar-refractivity contribution in [2.24, 2.45) is 0 Å². The van der Waals surface area contributed by atoms with Crippen molar-refractivity contribution < 1.29 is 4.79 Å². The first kappa shape index (κ1) is 14.3. The monoisotopic (exact) mass is 312 g/mol. The van der Waals surface area contributed by atoms with Gasteiger partial charge in [0.25, 0.3) is 0 Å². The molecule has 0 saturated heterocycles. The zero-order valence-electron chi connectivity index (χ0n) is 10.3. The lowest BCUT2D eigenvalue weighted by Crippen LogP contribution is -1.99. The van der Waals surface area contributed by atoms with E-state index in [1.807, 2.05) is 19.9 Å². The summed E-state index contributed by atoms with van der Waals surface area (Å²) in [6.07, 6.45) is 0. The molecular formula is C13H10Cl2N2OS. The van der Waals surface area contributed by atoms with Gasteiger partial charge in [0, 0.05) is 22.0 Å². The van der Waals surface area contributed by atoms with Gasteiger partial charge in [-0.25, -0.2) is 9.97 Å². The number of halogens is 2. The molecule has 0 atom stereocenters. The molecule has 0 fully saturated rings. The average Bonchev–Trinajstić information content (AvgIpc) is 2.26. The molecular weight excluding hydrogens is 303 g/mol. The maximum absolute atomic E-state index is 12.1. The fourth-order valence-electron chi connectivity index (χ4n) is 1.53. The van der Waals surface area contributed by atoms with Crippen molar-refractivity contribution in [3.63, 3.8) is 0 Å². The number of nitrogens with zero attached hydrogens (tertiary/aromatic N) is 2. The van der Waals surface area contributed by atoms with Crippen LogP contribution in [0.5, 0.6) is 0 Å². The molecule has 3 nitrogen and oxygen atoms in total. The minimum atomic E-state index is -0.202. The van der Waals surface area contributed by atoms with Gasteiger partial charge in [-0.15, -0.1) is 0 Å². The van der Waals surface area contributed by atoms with Crippen molar-refractivity contribution in [3.05, 3.63) is 51.3 Å². The summed E-state index contributed by atoms with van der Waals surface area (Å²) in [6, 6.07) is 6.62. The van der Waals surface area contributed by atoms with Gasteiger partial charge in [0.2, 0.25) is 5.12 Å². The summed E-state index contributed by atoms with van der Waals surface area (Å²) in [6.45, 7) is 3.72. The van der Waals surface area contributed by atoms with E-state index in [4.69, 9.17) is 23.2 Å². The van der Waals surface area contributed by atoms with Gasteiger partial charge in [0.05, 0.1) is 5.02 Å². The van der Waals surface area contributed by atoms with Crippen LogP contribution in [-0.4, -0.2) is 15.1 Å². The molecule has 1 heterocycles. The van der Waals surface area contributed by atoms with Gasteiger partial charge >= 0.3 is 0 Å². The Morgan fingerprint density at radius 2 is 1.74 bits per heavy atom. The third-order valence-electron chi connectivity index (χ3n) is 2.30. The van der Waals surface area contributed by atoms with E-state index >= 15 is 0 Å². The number of hydrogen-bond donors (Lipinski definition) is 0. The Bertz CT molecular complexity index is 626. The van der Waals surface area contributed by atoms with Crippen molar-refractivity contribution in [2.75, 3.05) is 0 Å². The van der Waals surface area contributed by atoms with E-state index in [-0.39, 0.29) is 5.12 Å². The molecule has 2 rings (SSSR count). The van der Waals surface area contributed by atoms with Crippen molar-refractivity contribution in [1.29, 1.82) is 0 Å². The van der Waals surface area contributed by atoms with Gasteiger partial charge in [-0.05, 0) is 49.9 Å². The molecule has 0 N–H and O–H groups in total. The first-order valence-corrected chi connectivity index (χ1v) is 7.02. The minimum absolute atomic E-state index is 0.202. The largest absolute Gasteiger partial charge is 0.281 e. The Hall–Kier alpha value is -1.10. The number of benzene rings is 1. The number of hydrogen-bond acceptors (Lipinski definition) is 4. The Balaban J connectivity index is 2.25. The first-order chi connectivity index (χ1) is 8.95. The second-order valence-corrected chi connectivity index (χ2v) is 5.73. The van der Waals surface area contributed by atoms with E-state index in [1.165, 1.54) is 0 Å². The molecule has 0 aliphatic heterocycles. The van der Waals surface area contributed by atoms with Crippen LogP contribution in [0.3, 0.4) is 0 Å². The maximum Gasteiger partial charge on any atom is 0.228 e. The standard InChI is InChI=1S/C13H10Cl2N2OS/c1-7-5-8(2)17-13(16-7)19-12(18)10-4-3-9(14)6-11(10)15/h3-6H,1-2H3. The van der Waals surface area contributed by atoms with E-state index in [0.29, 0.717) is 20.8 Å². The van der Waals surface area contributed by atoms with E-state index in [1.54, 1.807) is 18.2 Å². The smallest absolute Gasteiger partial charge is 0.228 e. The van der Waals surface area contributed by atoms with E-state index in [9.17, 15) is 4.79 Å². The molecule has 98 valence electrons. The molecule has 19 heavy (non-hydrogen) atoms. The first-order valence-electron chi connectivity index (χ1n) is 5.45. The Morgan fingerprint density at radius 3 is 2.32 bits per heavy atom. The zero-order chi connectivity index (χ0) is 14.0. The molecule has 6 heteroatoms. The fourth-order valence-corrected chi connectivity index (χ4v) is 2.92. The second kappa shape index (κ2) is 5.90. The number of thioether (sulfide) groups is 1. The predicted molar refractivity (Wildman–Crippen MR) is 78.2 cm³/mol. The van der Waals surface area contributed by atoms with Crippen LogP contribution in [-0.2, 0) is 0 Å². The fraction of sp³-hybridized carbons (Fsp3) is 0.154. The lowest BCUT2D eigenvalue weighted by Gasteiger charge is -2.04. The summed E-state index contributed by atoms with van der Waals surface area (Å²) in [5, 5.41) is 1.05. The van der Waals surface area contributed by atoms with Gasteiger partial charge in [-0.3, -0.25) is 4.79 Å². The van der Waals surface area contributed by atoms with Crippen LogP contribution < -0.4 is 0 Å². The topological polar surface area (TPSA) is 42.9 Å². The quantitative estimate of drug-likeness (QED) is 0.611. The summed E-state index contributed by atoms with van der Waals surface area (Å²) >= 11 is 12.7. The number of aryl methyl sites for hydroxylation is 2. The highest BCUT2D eigenvalue weighted by Crippen LogP contribution is 2.27. The lowest BCUT2D eigenvalue weighted by atomic mass is 10.2. The van der Waals surface area contributed by atoms with Crippen molar-refractivity contribution in [1.82, 2.24) is 9.97 Å². The highest BCUT2D eigenvalue weighted by molar-refractivity contribution is 8.14. The summed E-state index contributed by atoms with van der Waals surface area (Å²) in [4.78, 5) is 20.5. The Morgan fingerprint density at radius 1 is 1.11 bits per heavy atom. The third kappa shape index (κ3) is 3.69. The van der Waals surface area contributed by atoms with Crippen molar-refractivity contribution >= 4 is 40.1 Å². The molecule has 0 saturated carbocycles. The highest BCUT2D eigenvalue weighted by Gasteiger charge is 2.14. The summed E-state index contributed by atoms with van der Waals surface area (Å²) in [5.41, 5.74) is 2.05. The molecule has 0 amide bonds. The SMILES string of the molecule is Cc1cc(C)nc(SC(=O)c2ccc(Cl)cc2Cl)n1. The molecule has 0 bridgehead atoms. The number of carbonyl (C=O) groups is 1. The molecule has 1 aromatic heterocycles. The zero-order valence-corrected chi connectivity index (χ0v) is 12.6. The van der Waals surface area contributed by atoms with Crippen LogP contribution in [0, 0.1) is 13.8 Å². The van der Waals surface area contributed by atoms with Gasteiger partial charge in [0.1, 0.15) is 0 Å². The van der Waals surface area contributed by atoms with Crippen LogP contribution in [0.4, 0.5) is 0 Å². The van der Waals surface area contributed by atoms with Crippen LogP contribution in [0.1, 0.15) is 21.7 Å². The number of rotatable bonds is 2. The summed E-state index contributed by atoms with van der Waals surface area (Å²) < 4.78 is 0. The number of carbonyl (C=O) groups excluding carboxylic acids is 1. The van der Waals surface area contributed by atoms with Gasteiger partial charge in [-0.1, -0.05) is 23.2 Å². The Kier molecular flexibility index (Phi) is 4.45. The lowest BCUT2D eigenvalue weighted by molar-refractivity contribution is 0.108. The average molecular weight is 313 g/mol. The molecule has 1 aromatic carbocycles. The molecule has 0 radical (unpaired) electrons. The molecule has 2 aromatic rings. The molecule has 0 aliphatic carbocycles. The van der Waals surface area contributed by atoms with Crippen LogP contribution in [0.25, 0.3) is 0 Å².